The first kappa shape index (κ1) is 16.4. The number of aryl methyl sites for hydroxylation is 1. The van der Waals surface area contributed by atoms with Crippen LogP contribution in [-0.2, 0) is 0 Å². The van der Waals surface area contributed by atoms with Gasteiger partial charge in [-0.3, -0.25) is 0 Å². The third-order valence-electron chi connectivity index (χ3n) is 2.77. The molecule has 0 saturated heterocycles. The van der Waals surface area contributed by atoms with Crippen molar-refractivity contribution in [3.63, 3.8) is 0 Å². The minimum absolute atomic E-state index is 0.111. The first-order valence-corrected chi connectivity index (χ1v) is 7.20. The number of hydrogen-bond donors (Lipinski definition) is 2. The van der Waals surface area contributed by atoms with Crippen molar-refractivity contribution in [1.29, 1.82) is 0 Å². The highest BCUT2D eigenvalue weighted by Crippen LogP contribution is 2.11. The molecule has 1 aromatic carbocycles. The van der Waals surface area contributed by atoms with E-state index < -0.39 is 0 Å². The molecule has 1 rings (SSSR count). The van der Waals surface area contributed by atoms with Crippen LogP contribution in [0.4, 0.5) is 10.5 Å². The predicted octanol–water partition coefficient (Wildman–Crippen LogP) is 3.16. The minimum Gasteiger partial charge on any atom is -0.393 e. The van der Waals surface area contributed by atoms with Crippen molar-refractivity contribution in [2.75, 3.05) is 18.4 Å². The third kappa shape index (κ3) is 6.02. The normalized spacial score (nSPS) is 10.4. The SMILES string of the molecule is Cc1cccc(NC(=O)N(CCC(N)=S)CC(C)C)c1. The van der Waals surface area contributed by atoms with Crippen LogP contribution < -0.4 is 11.1 Å². The van der Waals surface area contributed by atoms with Gasteiger partial charge in [-0.25, -0.2) is 4.79 Å². The summed E-state index contributed by atoms with van der Waals surface area (Å²) in [5.74, 6) is 0.393. The third-order valence-corrected chi connectivity index (χ3v) is 2.97. The molecule has 4 nitrogen and oxygen atoms in total. The van der Waals surface area contributed by atoms with E-state index in [4.69, 9.17) is 18.0 Å². The highest BCUT2D eigenvalue weighted by molar-refractivity contribution is 7.80. The maximum atomic E-state index is 12.3. The predicted molar refractivity (Wildman–Crippen MR) is 88.0 cm³/mol. The average molecular weight is 293 g/mol. The Balaban J connectivity index is 2.69. The molecule has 0 saturated carbocycles. The summed E-state index contributed by atoms with van der Waals surface area (Å²) in [5, 5.41) is 2.91. The van der Waals surface area contributed by atoms with E-state index in [0.29, 0.717) is 30.4 Å². The average Bonchev–Trinajstić information content (AvgIpc) is 2.33. The lowest BCUT2D eigenvalue weighted by Gasteiger charge is -2.24. The zero-order valence-electron chi connectivity index (χ0n) is 12.3. The van der Waals surface area contributed by atoms with E-state index in [1.807, 2.05) is 31.2 Å². The van der Waals surface area contributed by atoms with Crippen molar-refractivity contribution in [3.05, 3.63) is 29.8 Å². The topological polar surface area (TPSA) is 58.4 Å². The van der Waals surface area contributed by atoms with Crippen molar-refractivity contribution in [2.45, 2.75) is 27.2 Å². The van der Waals surface area contributed by atoms with Crippen molar-refractivity contribution in [2.24, 2.45) is 11.7 Å². The monoisotopic (exact) mass is 293 g/mol. The highest BCUT2D eigenvalue weighted by Gasteiger charge is 2.15. The van der Waals surface area contributed by atoms with E-state index in [0.717, 1.165) is 11.3 Å². The molecular formula is C15H23N3OS. The van der Waals surface area contributed by atoms with Gasteiger partial charge in [0.15, 0.2) is 0 Å². The van der Waals surface area contributed by atoms with Gasteiger partial charge in [0.25, 0.3) is 0 Å². The molecule has 0 unspecified atom stereocenters. The van der Waals surface area contributed by atoms with E-state index in [1.165, 1.54) is 0 Å². The largest absolute Gasteiger partial charge is 0.393 e. The molecule has 0 aliphatic carbocycles. The van der Waals surface area contributed by atoms with Crippen LogP contribution in [0.2, 0.25) is 0 Å². The lowest BCUT2D eigenvalue weighted by Crippen LogP contribution is -2.39. The summed E-state index contributed by atoms with van der Waals surface area (Å²) >= 11 is 4.88. The lowest BCUT2D eigenvalue weighted by molar-refractivity contribution is 0.206. The Hall–Kier alpha value is -1.62. The number of carbonyl (C=O) groups excluding carboxylic acids is 1. The number of benzene rings is 1. The Morgan fingerprint density at radius 1 is 1.45 bits per heavy atom. The molecule has 2 amide bonds. The second-order valence-electron chi connectivity index (χ2n) is 5.36. The summed E-state index contributed by atoms with van der Waals surface area (Å²) in [6, 6.07) is 7.63. The van der Waals surface area contributed by atoms with Gasteiger partial charge < -0.3 is 16.0 Å². The minimum atomic E-state index is -0.111. The molecule has 0 aromatic heterocycles. The van der Waals surface area contributed by atoms with E-state index in [2.05, 4.69) is 19.2 Å². The first-order chi connectivity index (χ1) is 9.38. The number of urea groups is 1. The van der Waals surface area contributed by atoms with Crippen molar-refractivity contribution < 1.29 is 4.79 Å². The summed E-state index contributed by atoms with van der Waals surface area (Å²) in [5.41, 5.74) is 7.43. The van der Waals surface area contributed by atoms with Crippen LogP contribution in [0, 0.1) is 12.8 Å². The first-order valence-electron chi connectivity index (χ1n) is 6.79. The van der Waals surface area contributed by atoms with Crippen molar-refractivity contribution in [1.82, 2.24) is 4.90 Å². The molecule has 5 heteroatoms. The number of hydrogen-bond acceptors (Lipinski definition) is 2. The van der Waals surface area contributed by atoms with Crippen LogP contribution in [0.15, 0.2) is 24.3 Å². The summed E-state index contributed by atoms with van der Waals surface area (Å²) in [7, 11) is 0. The van der Waals surface area contributed by atoms with Crippen LogP contribution in [-0.4, -0.2) is 29.0 Å². The molecule has 1 aromatic rings. The van der Waals surface area contributed by atoms with Crippen LogP contribution in [0.3, 0.4) is 0 Å². The standard InChI is InChI=1S/C15H23N3OS/c1-11(2)10-18(8-7-14(16)20)15(19)17-13-6-4-5-12(3)9-13/h4-6,9,11H,7-8,10H2,1-3H3,(H2,16,20)(H,17,19). The number of anilines is 1. The number of rotatable bonds is 6. The maximum Gasteiger partial charge on any atom is 0.321 e. The molecule has 0 heterocycles. The molecule has 0 aliphatic heterocycles. The molecule has 0 spiro atoms. The van der Waals surface area contributed by atoms with E-state index in [-0.39, 0.29) is 6.03 Å². The van der Waals surface area contributed by atoms with Gasteiger partial charge >= 0.3 is 6.03 Å². The van der Waals surface area contributed by atoms with E-state index in [9.17, 15) is 4.79 Å². The van der Waals surface area contributed by atoms with Gasteiger partial charge in [-0.05, 0) is 30.5 Å². The molecule has 110 valence electrons. The van der Waals surface area contributed by atoms with Gasteiger partial charge in [-0.1, -0.05) is 38.2 Å². The Morgan fingerprint density at radius 2 is 2.15 bits per heavy atom. The fourth-order valence-electron chi connectivity index (χ4n) is 1.89. The summed E-state index contributed by atoms with van der Waals surface area (Å²) in [4.78, 5) is 14.5. The smallest absolute Gasteiger partial charge is 0.321 e. The van der Waals surface area contributed by atoms with Gasteiger partial charge in [0, 0.05) is 25.2 Å². The Kier molecular flexibility index (Phi) is 6.45. The van der Waals surface area contributed by atoms with Crippen LogP contribution in [0.1, 0.15) is 25.8 Å². The second-order valence-corrected chi connectivity index (χ2v) is 5.88. The molecule has 0 atom stereocenters. The van der Waals surface area contributed by atoms with Gasteiger partial charge in [0.05, 0.1) is 4.99 Å². The van der Waals surface area contributed by atoms with Gasteiger partial charge in [-0.2, -0.15) is 0 Å². The zero-order chi connectivity index (χ0) is 15.1. The number of nitrogens with two attached hydrogens (primary N) is 1. The maximum absolute atomic E-state index is 12.3. The molecule has 3 N–H and O–H groups in total. The summed E-state index contributed by atoms with van der Waals surface area (Å²) in [6.45, 7) is 7.38. The lowest BCUT2D eigenvalue weighted by atomic mass is 10.2. The molecular weight excluding hydrogens is 270 g/mol. The Labute approximate surface area is 126 Å². The molecule has 0 radical (unpaired) electrons. The van der Waals surface area contributed by atoms with Crippen LogP contribution in [0.25, 0.3) is 0 Å². The molecule has 0 bridgehead atoms. The molecule has 20 heavy (non-hydrogen) atoms. The Bertz CT molecular complexity index is 474. The number of amides is 2. The highest BCUT2D eigenvalue weighted by atomic mass is 32.1. The van der Waals surface area contributed by atoms with Crippen LogP contribution >= 0.6 is 12.2 Å². The summed E-state index contributed by atoms with van der Waals surface area (Å²) in [6.07, 6.45) is 0.545. The van der Waals surface area contributed by atoms with Crippen LogP contribution in [0.5, 0.6) is 0 Å². The van der Waals surface area contributed by atoms with Crippen molar-refractivity contribution in [3.8, 4) is 0 Å². The zero-order valence-corrected chi connectivity index (χ0v) is 13.2. The van der Waals surface area contributed by atoms with Crippen molar-refractivity contribution >= 4 is 28.9 Å². The number of thiocarbonyl (C=S) groups is 1. The number of nitrogens with zero attached hydrogens (tertiary/aromatic N) is 1. The summed E-state index contributed by atoms with van der Waals surface area (Å²) < 4.78 is 0. The van der Waals surface area contributed by atoms with Gasteiger partial charge in [0.2, 0.25) is 0 Å². The van der Waals surface area contributed by atoms with E-state index >= 15 is 0 Å². The van der Waals surface area contributed by atoms with E-state index in [1.54, 1.807) is 4.90 Å². The molecule has 0 aliphatic rings. The number of carbonyl (C=O) groups is 1. The number of nitrogens with one attached hydrogen (secondary N) is 1. The molecule has 0 fully saturated rings. The fraction of sp³-hybridized carbons (Fsp3) is 0.467. The quantitative estimate of drug-likeness (QED) is 0.792. The Morgan fingerprint density at radius 3 is 2.70 bits per heavy atom. The van der Waals surface area contributed by atoms with Gasteiger partial charge in [-0.15, -0.1) is 0 Å². The van der Waals surface area contributed by atoms with Gasteiger partial charge in [0.1, 0.15) is 0 Å². The fourth-order valence-corrected chi connectivity index (χ4v) is 1.98. The second kappa shape index (κ2) is 7.85.